The van der Waals surface area contributed by atoms with Crippen LogP contribution < -0.4 is 0 Å². The van der Waals surface area contributed by atoms with Crippen molar-refractivity contribution in [2.24, 2.45) is 0 Å². The molecule has 2 nitrogen and oxygen atoms in total. The van der Waals surface area contributed by atoms with Gasteiger partial charge in [-0.3, -0.25) is 9.80 Å². The quantitative estimate of drug-likeness (QED) is 0.834. The van der Waals surface area contributed by atoms with Crippen molar-refractivity contribution in [3.05, 3.63) is 22.4 Å². The van der Waals surface area contributed by atoms with E-state index in [4.69, 9.17) is 0 Å². The minimum Gasteiger partial charge on any atom is -0.298 e. The van der Waals surface area contributed by atoms with Crippen LogP contribution in [0.5, 0.6) is 0 Å². The highest BCUT2D eigenvalue weighted by atomic mass is 32.1. The molecule has 3 heterocycles. The molecule has 1 aromatic heterocycles. The van der Waals surface area contributed by atoms with E-state index < -0.39 is 0 Å². The van der Waals surface area contributed by atoms with Crippen molar-refractivity contribution < 1.29 is 0 Å². The lowest BCUT2D eigenvalue weighted by Gasteiger charge is -2.46. The third kappa shape index (κ3) is 2.88. The lowest BCUT2D eigenvalue weighted by atomic mass is 10.0. The molecule has 0 saturated carbocycles. The van der Waals surface area contributed by atoms with Crippen LogP contribution in [0.3, 0.4) is 0 Å². The minimum atomic E-state index is 0.686. The Morgan fingerprint density at radius 1 is 1.42 bits per heavy atom. The number of thiophene rings is 1. The van der Waals surface area contributed by atoms with Crippen LogP contribution >= 0.6 is 11.3 Å². The van der Waals surface area contributed by atoms with Crippen molar-refractivity contribution in [3.8, 4) is 0 Å². The van der Waals surface area contributed by atoms with Crippen LogP contribution in [0.2, 0.25) is 0 Å². The van der Waals surface area contributed by atoms with Gasteiger partial charge in [-0.15, -0.1) is 11.3 Å². The molecule has 2 saturated heterocycles. The summed E-state index contributed by atoms with van der Waals surface area (Å²) in [5, 5.41) is 2.20. The van der Waals surface area contributed by atoms with Crippen LogP contribution in [0.1, 0.15) is 38.0 Å². The number of hydrogen-bond acceptors (Lipinski definition) is 3. The van der Waals surface area contributed by atoms with Gasteiger partial charge in [0.15, 0.2) is 0 Å². The highest BCUT2D eigenvalue weighted by Crippen LogP contribution is 2.28. The largest absolute Gasteiger partial charge is 0.298 e. The Balaban J connectivity index is 1.67. The lowest BCUT2D eigenvalue weighted by Crippen LogP contribution is -2.58. The van der Waals surface area contributed by atoms with E-state index in [-0.39, 0.29) is 0 Å². The number of hydrogen-bond donors (Lipinski definition) is 0. The van der Waals surface area contributed by atoms with Crippen molar-refractivity contribution in [2.45, 2.75) is 57.7 Å². The summed E-state index contributed by atoms with van der Waals surface area (Å²) < 4.78 is 0. The predicted molar refractivity (Wildman–Crippen MR) is 82.9 cm³/mol. The summed E-state index contributed by atoms with van der Waals surface area (Å²) in [6, 6.07) is 6.76. The van der Waals surface area contributed by atoms with Gasteiger partial charge in [0.25, 0.3) is 0 Å². The van der Waals surface area contributed by atoms with Gasteiger partial charge in [0.2, 0.25) is 0 Å². The zero-order valence-electron chi connectivity index (χ0n) is 12.2. The van der Waals surface area contributed by atoms with Crippen LogP contribution in [0.25, 0.3) is 0 Å². The first kappa shape index (κ1) is 13.6. The van der Waals surface area contributed by atoms with Gasteiger partial charge in [0.05, 0.1) is 0 Å². The molecular formula is C16H26N2S. The summed E-state index contributed by atoms with van der Waals surface area (Å²) in [5.41, 5.74) is 0. The highest BCUT2D eigenvalue weighted by Gasteiger charge is 2.37. The average Bonchev–Trinajstić information content (AvgIpc) is 3.07. The Hall–Kier alpha value is -0.380. The molecule has 2 fully saturated rings. The zero-order chi connectivity index (χ0) is 13.2. The Bertz CT molecular complexity index is 389. The van der Waals surface area contributed by atoms with E-state index in [1.54, 1.807) is 0 Å². The number of piperazine rings is 1. The molecule has 0 aromatic carbocycles. The van der Waals surface area contributed by atoms with Crippen LogP contribution in [-0.2, 0) is 6.42 Å². The maximum absolute atomic E-state index is 2.80. The van der Waals surface area contributed by atoms with E-state index in [0.717, 1.165) is 12.1 Å². The van der Waals surface area contributed by atoms with E-state index in [0.29, 0.717) is 6.04 Å². The summed E-state index contributed by atoms with van der Waals surface area (Å²) in [5.74, 6) is 0. The van der Waals surface area contributed by atoms with E-state index in [1.807, 2.05) is 11.3 Å². The molecule has 3 heteroatoms. The summed E-state index contributed by atoms with van der Waals surface area (Å²) in [4.78, 5) is 7.07. The van der Waals surface area contributed by atoms with E-state index in [1.165, 1.54) is 50.2 Å². The van der Waals surface area contributed by atoms with Gasteiger partial charge >= 0.3 is 0 Å². The standard InChI is InChI=1S/C16H26N2S/c1-3-14-11-17-8-4-6-15(17)12-18(14)13(2)10-16-7-5-9-19-16/h5,7,9,13-15H,3-4,6,8,10-12H2,1-2H3. The second-order valence-corrected chi connectivity index (χ2v) is 7.21. The van der Waals surface area contributed by atoms with Gasteiger partial charge in [-0.25, -0.2) is 0 Å². The topological polar surface area (TPSA) is 6.48 Å². The maximum Gasteiger partial charge on any atom is 0.0224 e. The van der Waals surface area contributed by atoms with Crippen LogP contribution in [0, 0.1) is 0 Å². The van der Waals surface area contributed by atoms with Gasteiger partial charge in [-0.05, 0) is 50.6 Å². The van der Waals surface area contributed by atoms with Crippen LogP contribution in [-0.4, -0.2) is 47.6 Å². The van der Waals surface area contributed by atoms with Crippen molar-refractivity contribution in [3.63, 3.8) is 0 Å². The minimum absolute atomic E-state index is 0.686. The second kappa shape index (κ2) is 5.94. The second-order valence-electron chi connectivity index (χ2n) is 6.18. The third-order valence-electron chi connectivity index (χ3n) is 4.95. The fraction of sp³-hybridized carbons (Fsp3) is 0.750. The predicted octanol–water partition coefficient (Wildman–Crippen LogP) is 3.24. The molecule has 3 unspecified atom stereocenters. The SMILES string of the molecule is CCC1CN2CCCC2CN1C(C)Cc1cccs1. The lowest BCUT2D eigenvalue weighted by molar-refractivity contribution is 0.0236. The summed E-state index contributed by atoms with van der Waals surface area (Å²) in [7, 11) is 0. The van der Waals surface area contributed by atoms with Crippen molar-refractivity contribution >= 4 is 11.3 Å². The molecular weight excluding hydrogens is 252 g/mol. The van der Waals surface area contributed by atoms with Crippen molar-refractivity contribution in [2.75, 3.05) is 19.6 Å². The molecule has 0 amide bonds. The molecule has 2 aliphatic heterocycles. The fourth-order valence-electron chi connectivity index (χ4n) is 3.85. The average molecular weight is 278 g/mol. The maximum atomic E-state index is 2.80. The molecule has 106 valence electrons. The monoisotopic (exact) mass is 278 g/mol. The fourth-order valence-corrected chi connectivity index (χ4v) is 4.68. The summed E-state index contributed by atoms with van der Waals surface area (Å²) >= 11 is 1.91. The van der Waals surface area contributed by atoms with Crippen molar-refractivity contribution in [1.82, 2.24) is 9.80 Å². The zero-order valence-corrected chi connectivity index (χ0v) is 13.0. The molecule has 3 rings (SSSR count). The normalized spacial score (nSPS) is 30.4. The van der Waals surface area contributed by atoms with Gasteiger partial charge < -0.3 is 0 Å². The number of nitrogens with zero attached hydrogens (tertiary/aromatic N) is 2. The molecule has 0 aliphatic carbocycles. The molecule has 0 spiro atoms. The highest BCUT2D eigenvalue weighted by molar-refractivity contribution is 7.09. The molecule has 0 N–H and O–H groups in total. The van der Waals surface area contributed by atoms with Crippen LogP contribution in [0.4, 0.5) is 0 Å². The first-order valence-corrected chi connectivity index (χ1v) is 8.68. The first-order valence-electron chi connectivity index (χ1n) is 7.80. The van der Waals surface area contributed by atoms with E-state index in [9.17, 15) is 0 Å². The van der Waals surface area contributed by atoms with Gasteiger partial charge in [-0.1, -0.05) is 13.0 Å². The Morgan fingerprint density at radius 3 is 3.05 bits per heavy atom. The molecule has 3 atom stereocenters. The number of fused-ring (bicyclic) bond motifs is 1. The van der Waals surface area contributed by atoms with E-state index in [2.05, 4.69) is 41.2 Å². The summed E-state index contributed by atoms with van der Waals surface area (Å²) in [6.45, 7) is 8.72. The molecule has 0 bridgehead atoms. The van der Waals surface area contributed by atoms with Crippen LogP contribution in [0.15, 0.2) is 17.5 Å². The Kier molecular flexibility index (Phi) is 4.25. The Labute approximate surface area is 121 Å². The number of rotatable bonds is 4. The van der Waals surface area contributed by atoms with Gasteiger partial charge in [0.1, 0.15) is 0 Å². The smallest absolute Gasteiger partial charge is 0.0224 e. The molecule has 1 aromatic rings. The molecule has 19 heavy (non-hydrogen) atoms. The Morgan fingerprint density at radius 2 is 2.32 bits per heavy atom. The molecule has 0 radical (unpaired) electrons. The van der Waals surface area contributed by atoms with Crippen molar-refractivity contribution in [1.29, 1.82) is 0 Å². The summed E-state index contributed by atoms with van der Waals surface area (Å²) in [6.07, 6.45) is 5.34. The molecule has 2 aliphatic rings. The third-order valence-corrected chi connectivity index (χ3v) is 5.85. The van der Waals surface area contributed by atoms with Gasteiger partial charge in [-0.2, -0.15) is 0 Å². The van der Waals surface area contributed by atoms with E-state index >= 15 is 0 Å². The van der Waals surface area contributed by atoms with Gasteiger partial charge in [0, 0.05) is 36.1 Å². The first-order chi connectivity index (χ1) is 9.28.